The van der Waals surface area contributed by atoms with E-state index in [2.05, 4.69) is 0 Å². The molecule has 0 heterocycles. The summed E-state index contributed by atoms with van der Waals surface area (Å²) >= 11 is 0. The van der Waals surface area contributed by atoms with E-state index in [4.69, 9.17) is 9.84 Å². The van der Waals surface area contributed by atoms with Gasteiger partial charge in [0.05, 0.1) is 18.9 Å². The summed E-state index contributed by atoms with van der Waals surface area (Å²) in [7, 11) is 0. The van der Waals surface area contributed by atoms with Crippen LogP contribution in [0, 0.1) is 28.6 Å². The molecule has 0 aromatic heterocycles. The molecule has 9 heteroatoms. The van der Waals surface area contributed by atoms with Gasteiger partial charge in [-0.1, -0.05) is 25.5 Å². The third kappa shape index (κ3) is 3.45. The summed E-state index contributed by atoms with van der Waals surface area (Å²) in [6, 6.07) is 0. The van der Waals surface area contributed by atoms with E-state index in [0.29, 0.717) is 24.8 Å². The van der Waals surface area contributed by atoms with Crippen LogP contribution in [0.15, 0.2) is 23.8 Å². The highest BCUT2D eigenvalue weighted by Crippen LogP contribution is 2.70. The van der Waals surface area contributed by atoms with E-state index < -0.39 is 83.1 Å². The number of carboxylic acids is 1. The Labute approximate surface area is 203 Å². The molecular weight excluding hydrogens is 459 g/mol. The summed E-state index contributed by atoms with van der Waals surface area (Å²) in [5, 5.41) is 31.8. The van der Waals surface area contributed by atoms with Gasteiger partial charge in [0.1, 0.15) is 5.60 Å². The van der Waals surface area contributed by atoms with E-state index in [0.717, 1.165) is 0 Å². The summed E-state index contributed by atoms with van der Waals surface area (Å²) in [5.74, 6) is -4.63. The first kappa shape index (κ1) is 25.7. The maximum absolute atomic E-state index is 17.1. The van der Waals surface area contributed by atoms with Crippen LogP contribution in [0.2, 0.25) is 0 Å². The number of esters is 1. The van der Waals surface area contributed by atoms with Gasteiger partial charge < -0.3 is 20.1 Å². The Morgan fingerprint density at radius 2 is 1.89 bits per heavy atom. The van der Waals surface area contributed by atoms with Crippen molar-refractivity contribution >= 4 is 23.5 Å². The minimum atomic E-state index is -2.07. The van der Waals surface area contributed by atoms with Crippen LogP contribution in [0.5, 0.6) is 0 Å². The number of ether oxygens (including phenoxy) is 1. The van der Waals surface area contributed by atoms with Crippen LogP contribution in [0.1, 0.15) is 59.3 Å². The highest BCUT2D eigenvalue weighted by Gasteiger charge is 2.75. The highest BCUT2D eigenvalue weighted by molar-refractivity contribution is 6.01. The first-order valence-electron chi connectivity index (χ1n) is 12.2. The number of carbonyl (C=O) groups is 4. The van der Waals surface area contributed by atoms with Gasteiger partial charge in [-0.2, -0.15) is 0 Å². The molecular formula is C26H33FO8. The molecule has 4 rings (SSSR count). The first-order valence-corrected chi connectivity index (χ1v) is 12.2. The molecule has 0 aromatic carbocycles. The molecule has 4 aliphatic carbocycles. The Morgan fingerprint density at radius 3 is 2.54 bits per heavy atom. The zero-order valence-electron chi connectivity index (χ0n) is 20.3. The molecule has 0 aliphatic heterocycles. The van der Waals surface area contributed by atoms with Crippen LogP contribution >= 0.6 is 0 Å². The van der Waals surface area contributed by atoms with Crippen molar-refractivity contribution in [3.63, 3.8) is 0 Å². The van der Waals surface area contributed by atoms with Crippen molar-refractivity contribution in [1.82, 2.24) is 0 Å². The summed E-state index contributed by atoms with van der Waals surface area (Å²) in [4.78, 5) is 47.7. The average molecular weight is 493 g/mol. The van der Waals surface area contributed by atoms with Crippen molar-refractivity contribution < 1.29 is 43.6 Å². The number of hydrogen-bond donors (Lipinski definition) is 3. The molecule has 8 nitrogen and oxygen atoms in total. The number of allylic oxidation sites excluding steroid dienone is 4. The number of alkyl halides is 1. The first-order chi connectivity index (χ1) is 16.2. The zero-order chi connectivity index (χ0) is 26.0. The van der Waals surface area contributed by atoms with Crippen LogP contribution < -0.4 is 0 Å². The second-order valence-corrected chi connectivity index (χ2v) is 11.1. The lowest BCUT2D eigenvalue weighted by atomic mass is 9.44. The summed E-state index contributed by atoms with van der Waals surface area (Å²) in [6.07, 6.45) is 3.04. The lowest BCUT2D eigenvalue weighted by Gasteiger charge is -2.62. The van der Waals surface area contributed by atoms with Gasteiger partial charge in [0.15, 0.2) is 18.1 Å². The number of ketones is 2. The Hall–Kier alpha value is -2.39. The third-order valence-electron chi connectivity index (χ3n) is 9.55. The van der Waals surface area contributed by atoms with Gasteiger partial charge in [-0.05, 0) is 56.6 Å². The minimum Gasteiger partial charge on any atom is -0.481 e. The van der Waals surface area contributed by atoms with Crippen LogP contribution in [-0.2, 0) is 23.9 Å². The molecule has 0 saturated heterocycles. The van der Waals surface area contributed by atoms with Gasteiger partial charge in [-0.3, -0.25) is 19.2 Å². The molecule has 0 spiro atoms. The number of fused-ring (bicyclic) bond motifs is 5. The molecule has 35 heavy (non-hydrogen) atoms. The third-order valence-corrected chi connectivity index (χ3v) is 9.55. The molecule has 3 saturated carbocycles. The maximum atomic E-state index is 17.1. The van der Waals surface area contributed by atoms with E-state index >= 15 is 4.39 Å². The summed E-state index contributed by atoms with van der Waals surface area (Å²) in [6.45, 7) is 4.38. The number of halogens is 1. The van der Waals surface area contributed by atoms with E-state index in [9.17, 15) is 29.4 Å². The predicted octanol–water partition coefficient (Wildman–Crippen LogP) is 2.31. The molecule has 4 aliphatic rings. The van der Waals surface area contributed by atoms with E-state index in [1.807, 2.05) is 0 Å². The summed E-state index contributed by atoms with van der Waals surface area (Å²) in [5.41, 5.74) is -5.71. The fourth-order valence-electron chi connectivity index (χ4n) is 7.68. The van der Waals surface area contributed by atoms with Gasteiger partial charge in [-0.15, -0.1) is 0 Å². The van der Waals surface area contributed by atoms with Gasteiger partial charge in [-0.25, -0.2) is 4.39 Å². The quantitative estimate of drug-likeness (QED) is 0.480. The van der Waals surface area contributed by atoms with E-state index in [1.165, 1.54) is 12.2 Å². The van der Waals surface area contributed by atoms with Crippen molar-refractivity contribution in [3.8, 4) is 0 Å². The normalized spacial score (nSPS) is 44.1. The number of aliphatic hydroxyl groups is 2. The highest BCUT2D eigenvalue weighted by atomic mass is 19.1. The van der Waals surface area contributed by atoms with Crippen molar-refractivity contribution in [2.24, 2.45) is 28.6 Å². The molecule has 3 fully saturated rings. The number of carboxylic acid groups (broad SMARTS) is 1. The van der Waals surface area contributed by atoms with Crippen molar-refractivity contribution in [2.45, 2.75) is 76.7 Å². The Morgan fingerprint density at radius 1 is 1.20 bits per heavy atom. The number of hydrogen-bond acceptors (Lipinski definition) is 7. The smallest absolute Gasteiger partial charge is 0.306 e. The molecule has 0 amide bonds. The molecule has 192 valence electrons. The largest absolute Gasteiger partial charge is 0.481 e. The molecule has 0 aromatic rings. The number of carbonyl (C=O) groups excluding carboxylic acids is 3. The van der Waals surface area contributed by atoms with Crippen LogP contribution in [0.25, 0.3) is 0 Å². The summed E-state index contributed by atoms with van der Waals surface area (Å²) < 4.78 is 22.1. The Kier molecular flexibility index (Phi) is 6.12. The van der Waals surface area contributed by atoms with E-state index in [-0.39, 0.29) is 12.2 Å². The number of rotatable bonds is 6. The van der Waals surface area contributed by atoms with Crippen LogP contribution in [0.4, 0.5) is 4.39 Å². The lowest BCUT2D eigenvalue weighted by Crippen LogP contribution is -2.69. The molecule has 3 N–H and O–H groups in total. The predicted molar refractivity (Wildman–Crippen MR) is 121 cm³/mol. The van der Waals surface area contributed by atoms with E-state index in [1.54, 1.807) is 26.8 Å². The molecule has 0 bridgehead atoms. The Balaban J connectivity index is 1.62. The number of aliphatic carboxylic acids is 1. The standard InChI is InChI=1S/C26H33FO8/c1-14-10-18-17-5-4-15-11-16(28)8-9-23(15,2)25(17,27)19(29)12-24(18,3)26(14,34)20(30)13-35-22(33)7-6-21(31)32/h8-9,11,14,17-19,29,34H,4-7,10,12-13H2,1-3H3,(H,31,32)/t14-,17-,18-,19-,23-,24-,25-,26-/m0/s1. The number of aliphatic hydroxyl groups excluding tert-OH is 1. The average Bonchev–Trinajstić information content (AvgIpc) is 2.99. The van der Waals surface area contributed by atoms with Crippen LogP contribution in [0.3, 0.4) is 0 Å². The van der Waals surface area contributed by atoms with Gasteiger partial charge >= 0.3 is 11.9 Å². The SMILES string of the molecule is C[C@H]1C[C@H]2[C@@H]3CCC4=CC(=O)C=C[C@]4(C)[C@@]3(F)[C@@H](O)C[C@]2(C)[C@@]1(O)C(=O)COC(=O)CCC(=O)O. The van der Waals surface area contributed by atoms with Crippen LogP contribution in [-0.4, -0.2) is 62.8 Å². The lowest BCUT2D eigenvalue weighted by molar-refractivity contribution is -0.220. The fourth-order valence-corrected chi connectivity index (χ4v) is 7.68. The second-order valence-electron chi connectivity index (χ2n) is 11.1. The van der Waals surface area contributed by atoms with Crippen molar-refractivity contribution in [1.29, 1.82) is 0 Å². The Bertz CT molecular complexity index is 1030. The molecule has 0 radical (unpaired) electrons. The van der Waals surface area contributed by atoms with Gasteiger partial charge in [0.2, 0.25) is 5.78 Å². The number of Topliss-reactive ketones (excluding diaryl/α,β-unsaturated/α-hetero) is 1. The molecule has 0 unspecified atom stereocenters. The topological polar surface area (TPSA) is 138 Å². The van der Waals surface area contributed by atoms with Crippen molar-refractivity contribution in [2.75, 3.05) is 6.61 Å². The van der Waals surface area contributed by atoms with Gasteiger partial charge in [0, 0.05) is 16.7 Å². The van der Waals surface area contributed by atoms with Crippen molar-refractivity contribution in [3.05, 3.63) is 23.8 Å². The second kappa shape index (κ2) is 8.34. The zero-order valence-corrected chi connectivity index (χ0v) is 20.3. The maximum Gasteiger partial charge on any atom is 0.306 e. The van der Waals surface area contributed by atoms with Gasteiger partial charge in [0.25, 0.3) is 0 Å². The fraction of sp³-hybridized carbons (Fsp3) is 0.692. The molecule has 8 atom stereocenters. The minimum absolute atomic E-state index is 0.172. The monoisotopic (exact) mass is 492 g/mol.